The highest BCUT2D eigenvalue weighted by Gasteiger charge is 2.40. The summed E-state index contributed by atoms with van der Waals surface area (Å²) in [6.45, 7) is 11.2. The summed E-state index contributed by atoms with van der Waals surface area (Å²) in [5, 5.41) is 0. The molecule has 1 rings (SSSR count). The van der Waals surface area contributed by atoms with E-state index in [4.69, 9.17) is 10.5 Å². The highest BCUT2D eigenvalue weighted by Crippen LogP contribution is 2.28. The summed E-state index contributed by atoms with van der Waals surface area (Å²) in [5.74, 6) is 0.0342. The second-order valence-electron chi connectivity index (χ2n) is 5.83. The molecule has 1 atom stereocenters. The molecule has 0 radical (unpaired) electrons. The lowest BCUT2D eigenvalue weighted by Crippen LogP contribution is -2.61. The summed E-state index contributed by atoms with van der Waals surface area (Å²) in [6.07, 6.45) is 0.678. The van der Waals surface area contributed by atoms with Gasteiger partial charge in [0.05, 0.1) is 17.2 Å². The summed E-state index contributed by atoms with van der Waals surface area (Å²) >= 11 is 0. The lowest BCUT2D eigenvalue weighted by atomic mass is 9.98. The SMILES string of the molecule is CC[C@H](N)C(=O)N1CC(C)(C)OC(C)(C)C1. The van der Waals surface area contributed by atoms with Crippen molar-refractivity contribution >= 4 is 5.91 Å². The third-order valence-electron chi connectivity index (χ3n) is 2.76. The average molecular weight is 228 g/mol. The van der Waals surface area contributed by atoms with Crippen LogP contribution in [0.2, 0.25) is 0 Å². The molecule has 16 heavy (non-hydrogen) atoms. The van der Waals surface area contributed by atoms with Crippen molar-refractivity contribution in [1.29, 1.82) is 0 Å². The van der Waals surface area contributed by atoms with Crippen LogP contribution >= 0.6 is 0 Å². The van der Waals surface area contributed by atoms with Gasteiger partial charge in [0.2, 0.25) is 5.91 Å². The zero-order valence-electron chi connectivity index (χ0n) is 11.0. The van der Waals surface area contributed by atoms with Crippen molar-refractivity contribution in [3.63, 3.8) is 0 Å². The maximum Gasteiger partial charge on any atom is 0.239 e. The maximum atomic E-state index is 12.1. The predicted molar refractivity (Wildman–Crippen MR) is 64.1 cm³/mol. The van der Waals surface area contributed by atoms with E-state index in [1.807, 2.05) is 39.5 Å². The molecule has 0 aromatic heterocycles. The van der Waals surface area contributed by atoms with Gasteiger partial charge in [-0.3, -0.25) is 4.79 Å². The Kier molecular flexibility index (Phi) is 3.65. The smallest absolute Gasteiger partial charge is 0.239 e. The number of morpholine rings is 1. The van der Waals surface area contributed by atoms with Gasteiger partial charge in [0, 0.05) is 13.1 Å². The largest absolute Gasteiger partial charge is 0.366 e. The lowest BCUT2D eigenvalue weighted by Gasteiger charge is -2.47. The molecule has 2 N–H and O–H groups in total. The molecule has 1 heterocycles. The molecule has 0 aromatic carbocycles. The van der Waals surface area contributed by atoms with Crippen LogP contribution in [0.5, 0.6) is 0 Å². The fourth-order valence-electron chi connectivity index (χ4n) is 2.35. The van der Waals surface area contributed by atoms with E-state index in [0.29, 0.717) is 19.5 Å². The molecule has 4 nitrogen and oxygen atoms in total. The van der Waals surface area contributed by atoms with Crippen molar-refractivity contribution in [2.45, 2.75) is 58.3 Å². The second-order valence-corrected chi connectivity index (χ2v) is 5.83. The van der Waals surface area contributed by atoms with Gasteiger partial charge in [-0.25, -0.2) is 0 Å². The van der Waals surface area contributed by atoms with Gasteiger partial charge in [0.15, 0.2) is 0 Å². The minimum Gasteiger partial charge on any atom is -0.366 e. The van der Waals surface area contributed by atoms with E-state index in [1.54, 1.807) is 0 Å². The number of rotatable bonds is 2. The number of amides is 1. The van der Waals surface area contributed by atoms with E-state index in [-0.39, 0.29) is 23.2 Å². The van der Waals surface area contributed by atoms with Gasteiger partial charge in [0.1, 0.15) is 0 Å². The third-order valence-corrected chi connectivity index (χ3v) is 2.76. The lowest BCUT2D eigenvalue weighted by molar-refractivity contribution is -0.188. The van der Waals surface area contributed by atoms with Gasteiger partial charge >= 0.3 is 0 Å². The van der Waals surface area contributed by atoms with Crippen LogP contribution in [0.25, 0.3) is 0 Å². The minimum atomic E-state index is -0.385. The van der Waals surface area contributed by atoms with Crippen LogP contribution in [0, 0.1) is 0 Å². The van der Waals surface area contributed by atoms with E-state index in [1.165, 1.54) is 0 Å². The van der Waals surface area contributed by atoms with Crippen LogP contribution in [-0.2, 0) is 9.53 Å². The van der Waals surface area contributed by atoms with Crippen LogP contribution < -0.4 is 5.73 Å². The first kappa shape index (κ1) is 13.5. The van der Waals surface area contributed by atoms with Crippen molar-refractivity contribution in [2.75, 3.05) is 13.1 Å². The van der Waals surface area contributed by atoms with Crippen molar-refractivity contribution < 1.29 is 9.53 Å². The fourth-order valence-corrected chi connectivity index (χ4v) is 2.35. The highest BCUT2D eigenvalue weighted by atomic mass is 16.5. The molecular formula is C12H24N2O2. The van der Waals surface area contributed by atoms with Crippen LogP contribution in [0.15, 0.2) is 0 Å². The van der Waals surface area contributed by atoms with Gasteiger partial charge < -0.3 is 15.4 Å². The first-order valence-corrected chi connectivity index (χ1v) is 5.91. The standard InChI is InChI=1S/C12H24N2O2/c1-6-9(13)10(15)14-7-11(2,3)16-12(4,5)8-14/h9H,6-8,13H2,1-5H3/t9-/m0/s1. The number of hydrogen-bond acceptors (Lipinski definition) is 3. The second kappa shape index (κ2) is 4.34. The van der Waals surface area contributed by atoms with Gasteiger partial charge in [-0.1, -0.05) is 6.92 Å². The molecule has 94 valence electrons. The van der Waals surface area contributed by atoms with Gasteiger partial charge in [0.25, 0.3) is 0 Å². The summed E-state index contributed by atoms with van der Waals surface area (Å²) in [7, 11) is 0. The summed E-state index contributed by atoms with van der Waals surface area (Å²) in [4.78, 5) is 13.9. The Bertz CT molecular complexity index is 258. The number of ether oxygens (including phenoxy) is 1. The number of carbonyl (C=O) groups excluding carboxylic acids is 1. The van der Waals surface area contributed by atoms with Gasteiger partial charge in [-0.05, 0) is 34.1 Å². The first-order valence-electron chi connectivity index (χ1n) is 5.91. The first-order chi connectivity index (χ1) is 7.17. The Hall–Kier alpha value is -0.610. The summed E-state index contributed by atoms with van der Waals surface area (Å²) in [5.41, 5.74) is 5.19. The molecule has 0 unspecified atom stereocenters. The Labute approximate surface area is 98.1 Å². The van der Waals surface area contributed by atoms with Crippen LogP contribution in [-0.4, -0.2) is 41.1 Å². The predicted octanol–water partition coefficient (Wildman–Crippen LogP) is 1.14. The van der Waals surface area contributed by atoms with E-state index < -0.39 is 0 Å². The minimum absolute atomic E-state index is 0.0342. The van der Waals surface area contributed by atoms with Crippen LogP contribution in [0.1, 0.15) is 41.0 Å². The van der Waals surface area contributed by atoms with E-state index in [9.17, 15) is 4.79 Å². The normalized spacial score (nSPS) is 25.2. The number of carbonyl (C=O) groups is 1. The van der Waals surface area contributed by atoms with Crippen molar-refractivity contribution in [1.82, 2.24) is 4.90 Å². The Morgan fingerprint density at radius 2 is 1.75 bits per heavy atom. The molecule has 0 spiro atoms. The zero-order chi connectivity index (χ0) is 12.6. The summed E-state index contributed by atoms with van der Waals surface area (Å²) < 4.78 is 5.92. The maximum absolute atomic E-state index is 12.1. The zero-order valence-corrected chi connectivity index (χ0v) is 11.0. The molecule has 1 aliphatic rings. The molecule has 1 fully saturated rings. The van der Waals surface area contributed by atoms with E-state index in [0.717, 1.165) is 0 Å². The molecule has 0 aromatic rings. The Morgan fingerprint density at radius 3 is 2.12 bits per heavy atom. The molecular weight excluding hydrogens is 204 g/mol. The molecule has 1 amide bonds. The van der Waals surface area contributed by atoms with E-state index >= 15 is 0 Å². The third kappa shape index (κ3) is 3.19. The molecule has 1 aliphatic heterocycles. The monoisotopic (exact) mass is 228 g/mol. The highest BCUT2D eigenvalue weighted by molar-refractivity contribution is 5.81. The molecule has 0 aliphatic carbocycles. The Morgan fingerprint density at radius 1 is 1.31 bits per heavy atom. The van der Waals surface area contributed by atoms with Gasteiger partial charge in [-0.15, -0.1) is 0 Å². The Balaban J connectivity index is 2.78. The van der Waals surface area contributed by atoms with Gasteiger partial charge in [-0.2, -0.15) is 0 Å². The number of nitrogens with zero attached hydrogens (tertiary/aromatic N) is 1. The average Bonchev–Trinajstić information content (AvgIpc) is 2.10. The van der Waals surface area contributed by atoms with Crippen molar-refractivity contribution in [3.05, 3.63) is 0 Å². The van der Waals surface area contributed by atoms with Crippen LogP contribution in [0.4, 0.5) is 0 Å². The molecule has 0 bridgehead atoms. The number of nitrogens with two attached hydrogens (primary N) is 1. The molecule has 1 saturated heterocycles. The number of hydrogen-bond donors (Lipinski definition) is 1. The van der Waals surface area contributed by atoms with Crippen molar-refractivity contribution in [2.24, 2.45) is 5.73 Å². The molecule has 0 saturated carbocycles. The summed E-state index contributed by atoms with van der Waals surface area (Å²) in [6, 6.07) is -0.385. The van der Waals surface area contributed by atoms with E-state index in [2.05, 4.69) is 0 Å². The van der Waals surface area contributed by atoms with Crippen LogP contribution in [0.3, 0.4) is 0 Å². The quantitative estimate of drug-likeness (QED) is 0.771. The molecule has 4 heteroatoms. The van der Waals surface area contributed by atoms with Crippen molar-refractivity contribution in [3.8, 4) is 0 Å². The fraction of sp³-hybridized carbons (Fsp3) is 0.917. The topological polar surface area (TPSA) is 55.6 Å².